The largest absolute Gasteiger partial charge is 0.779 e. The standard InChI is InChI=1S/C11H15F2N2O11P3S/c1-6-4-15(10(17)14-9(6)16)8-3-2-7(25-8)5-24-29(23,30)26-28(21,22)11(12,13)27(18,19)20/h2-4,7-8H,5H2,1H3,(H,21,22)(H,23,30)(H,14,16,17)(H2,18,19,20)/p-1/t7-,8+,29?/m0/s1. The first-order valence-corrected chi connectivity index (χ1v) is 13.3. The number of aryl methyl sites for hydroxylation is 1. The average Bonchev–Trinajstić information content (AvgIpc) is 3.03. The van der Waals surface area contributed by atoms with Gasteiger partial charge in [0.15, 0.2) is 6.23 Å². The van der Waals surface area contributed by atoms with Gasteiger partial charge in [0.25, 0.3) is 5.56 Å². The van der Waals surface area contributed by atoms with Gasteiger partial charge in [-0.15, -0.1) is 0 Å². The van der Waals surface area contributed by atoms with Crippen LogP contribution in [0.4, 0.5) is 8.78 Å². The van der Waals surface area contributed by atoms with Crippen LogP contribution in [0.15, 0.2) is 27.9 Å². The summed E-state index contributed by atoms with van der Waals surface area (Å²) in [6, 6.07) is 0. The third-order valence-corrected chi connectivity index (χ3v) is 9.51. The molecule has 0 radical (unpaired) electrons. The minimum absolute atomic E-state index is 0.194. The third kappa shape index (κ3) is 5.47. The molecule has 1 aromatic heterocycles. The van der Waals surface area contributed by atoms with Crippen molar-refractivity contribution in [2.24, 2.45) is 0 Å². The first-order valence-electron chi connectivity index (χ1n) is 7.56. The number of hydrogen-bond acceptors (Lipinski definition) is 9. The molecule has 0 saturated carbocycles. The van der Waals surface area contributed by atoms with Gasteiger partial charge < -0.3 is 28.8 Å². The molecule has 0 amide bonds. The highest BCUT2D eigenvalue weighted by Crippen LogP contribution is 2.76. The fraction of sp³-hybridized carbons (Fsp3) is 0.455. The molecule has 19 heteroatoms. The van der Waals surface area contributed by atoms with E-state index in [1.165, 1.54) is 25.3 Å². The first-order chi connectivity index (χ1) is 13.5. The minimum atomic E-state index is -6.50. The van der Waals surface area contributed by atoms with Gasteiger partial charge in [-0.05, 0) is 13.0 Å². The number of H-pyrrole nitrogens is 1. The normalized spacial score (nSPS) is 23.8. The Labute approximate surface area is 170 Å². The van der Waals surface area contributed by atoms with Crippen LogP contribution < -0.4 is 16.1 Å². The molecule has 1 aliphatic rings. The van der Waals surface area contributed by atoms with E-state index in [0.717, 1.165) is 4.57 Å². The van der Waals surface area contributed by atoms with Crippen LogP contribution in [0.3, 0.4) is 0 Å². The molecule has 1 aliphatic heterocycles. The van der Waals surface area contributed by atoms with Crippen molar-refractivity contribution >= 4 is 33.7 Å². The molecule has 0 bridgehead atoms. The lowest BCUT2D eigenvalue weighted by atomic mass is 10.3. The number of halogens is 2. The number of rotatable bonds is 8. The van der Waals surface area contributed by atoms with Gasteiger partial charge in [-0.2, -0.15) is 8.78 Å². The lowest BCUT2D eigenvalue weighted by Gasteiger charge is -2.32. The predicted molar refractivity (Wildman–Crippen MR) is 97.2 cm³/mol. The summed E-state index contributed by atoms with van der Waals surface area (Å²) < 4.78 is 63.5. The molecule has 4 atom stereocenters. The lowest BCUT2D eigenvalue weighted by molar-refractivity contribution is -0.202. The van der Waals surface area contributed by atoms with Crippen molar-refractivity contribution in [2.45, 2.75) is 24.7 Å². The van der Waals surface area contributed by atoms with Crippen LogP contribution in [-0.2, 0) is 34.5 Å². The zero-order valence-electron chi connectivity index (χ0n) is 14.7. The summed E-state index contributed by atoms with van der Waals surface area (Å²) in [6.07, 6.45) is 1.72. The maximum absolute atomic E-state index is 13.4. The zero-order valence-corrected chi connectivity index (χ0v) is 18.2. The average molecular weight is 513 g/mol. The zero-order chi connectivity index (χ0) is 23.1. The molecule has 0 aliphatic carbocycles. The molecule has 0 fully saturated rings. The Hall–Kier alpha value is -0.890. The van der Waals surface area contributed by atoms with Crippen molar-refractivity contribution in [3.63, 3.8) is 0 Å². The Balaban J connectivity index is 2.04. The van der Waals surface area contributed by atoms with E-state index in [0.29, 0.717) is 0 Å². The van der Waals surface area contributed by atoms with Crippen LogP contribution in [-0.4, -0.2) is 42.3 Å². The summed E-state index contributed by atoms with van der Waals surface area (Å²) >= 11 is 4.21. The second-order valence-corrected chi connectivity index (χ2v) is 12.6. The molecule has 0 spiro atoms. The molecular weight excluding hydrogens is 499 g/mol. The van der Waals surface area contributed by atoms with E-state index in [-0.39, 0.29) is 5.56 Å². The van der Waals surface area contributed by atoms with E-state index < -0.39 is 57.5 Å². The number of hydrogen-bond donors (Lipinski definition) is 4. The van der Waals surface area contributed by atoms with Gasteiger partial charge in [0, 0.05) is 11.8 Å². The van der Waals surface area contributed by atoms with Crippen molar-refractivity contribution in [2.75, 3.05) is 6.61 Å². The summed E-state index contributed by atoms with van der Waals surface area (Å²) in [7, 11) is -13.0. The summed E-state index contributed by atoms with van der Waals surface area (Å²) in [4.78, 5) is 63.3. The van der Waals surface area contributed by atoms with Gasteiger partial charge in [0.1, 0.15) is 12.8 Å². The van der Waals surface area contributed by atoms with Crippen LogP contribution in [0, 0.1) is 6.92 Å². The van der Waals surface area contributed by atoms with Crippen molar-refractivity contribution < 1.29 is 51.1 Å². The predicted octanol–water partition coefficient (Wildman–Crippen LogP) is -0.170. The summed E-state index contributed by atoms with van der Waals surface area (Å²) in [6.45, 7) is -4.46. The van der Waals surface area contributed by atoms with Crippen molar-refractivity contribution in [1.29, 1.82) is 0 Å². The van der Waals surface area contributed by atoms with Crippen molar-refractivity contribution in [1.82, 2.24) is 9.55 Å². The highest BCUT2D eigenvalue weighted by atomic mass is 32.5. The monoisotopic (exact) mass is 513 g/mol. The number of alkyl halides is 2. The van der Waals surface area contributed by atoms with Gasteiger partial charge in [-0.25, -0.2) is 4.79 Å². The molecule has 4 N–H and O–H groups in total. The minimum Gasteiger partial charge on any atom is -0.779 e. The lowest BCUT2D eigenvalue weighted by Crippen LogP contribution is -2.33. The Morgan fingerprint density at radius 2 is 1.93 bits per heavy atom. The van der Waals surface area contributed by atoms with Crippen LogP contribution >= 0.6 is 21.9 Å². The summed E-state index contributed by atoms with van der Waals surface area (Å²) in [5, 5.41) is -5.57. The maximum atomic E-state index is 13.4. The molecule has 0 saturated heterocycles. The van der Waals surface area contributed by atoms with Crippen LogP contribution in [0.2, 0.25) is 0 Å². The molecule has 13 nitrogen and oxygen atoms in total. The number of ether oxygens (including phenoxy) is 1. The topological polar surface area (TPSA) is 200 Å². The highest BCUT2D eigenvalue weighted by Gasteiger charge is 2.65. The Kier molecular flexibility index (Phi) is 7.24. The fourth-order valence-electron chi connectivity index (χ4n) is 2.05. The number of aromatic amines is 1. The Bertz CT molecular complexity index is 1110. The van der Waals surface area contributed by atoms with Crippen molar-refractivity contribution in [3.05, 3.63) is 44.8 Å². The number of aromatic nitrogens is 2. The molecule has 2 heterocycles. The van der Waals surface area contributed by atoms with E-state index in [1.54, 1.807) is 0 Å². The van der Waals surface area contributed by atoms with Crippen molar-refractivity contribution in [3.8, 4) is 0 Å². The molecule has 1 aromatic rings. The van der Waals surface area contributed by atoms with Crippen LogP contribution in [0.5, 0.6) is 0 Å². The maximum Gasteiger partial charge on any atom is 0.444 e. The second-order valence-electron chi connectivity index (χ2n) is 5.83. The van der Waals surface area contributed by atoms with Gasteiger partial charge in [-0.1, -0.05) is 17.9 Å². The smallest absolute Gasteiger partial charge is 0.444 e. The molecular formula is C11H14F2N2O11P3S-. The molecule has 30 heavy (non-hydrogen) atoms. The van der Waals surface area contributed by atoms with Crippen LogP contribution in [0.1, 0.15) is 11.8 Å². The third-order valence-electron chi connectivity index (χ3n) is 3.52. The summed E-state index contributed by atoms with van der Waals surface area (Å²) in [5.74, 6) is 0. The quantitative estimate of drug-likeness (QED) is 0.265. The molecule has 0 aromatic carbocycles. The SMILES string of the molecule is Cc1cn([C@H]2C=C[C@@H](COP([O-])(=S)OP(=O)(O)C(F)(F)P(=O)(O)O)O2)c(=O)[nH]c1=O. The second kappa shape index (κ2) is 8.57. The molecule has 2 rings (SSSR count). The van der Waals surface area contributed by atoms with Crippen LogP contribution in [0.25, 0.3) is 0 Å². The summed E-state index contributed by atoms with van der Waals surface area (Å²) in [5.41, 5.74) is -1.22. The van der Waals surface area contributed by atoms with E-state index >= 15 is 0 Å². The highest BCUT2D eigenvalue weighted by molar-refractivity contribution is 8.08. The fourth-order valence-corrected chi connectivity index (χ4v) is 6.69. The van der Waals surface area contributed by atoms with E-state index in [4.69, 9.17) is 19.4 Å². The number of nitrogens with zero attached hydrogens (tertiary/aromatic N) is 1. The van der Waals surface area contributed by atoms with Gasteiger partial charge in [-0.3, -0.25) is 27.8 Å². The first kappa shape index (κ1) is 25.4. The van der Waals surface area contributed by atoms with Gasteiger partial charge in [0.2, 0.25) is 0 Å². The molecule has 170 valence electrons. The Morgan fingerprint density at radius 3 is 2.50 bits per heavy atom. The Morgan fingerprint density at radius 1 is 1.33 bits per heavy atom. The number of nitrogens with one attached hydrogen (secondary N) is 1. The van der Waals surface area contributed by atoms with E-state index in [1.807, 2.05) is 4.98 Å². The van der Waals surface area contributed by atoms with Gasteiger partial charge in [0.05, 0.1) is 6.61 Å². The van der Waals surface area contributed by atoms with E-state index in [2.05, 4.69) is 20.6 Å². The van der Waals surface area contributed by atoms with E-state index in [9.17, 15) is 32.4 Å². The molecule has 2 unspecified atom stereocenters. The van der Waals surface area contributed by atoms with Gasteiger partial charge >= 0.3 is 26.3 Å².